The molecule has 34 heavy (non-hydrogen) atoms. The maximum atomic E-state index is 15.0. The van der Waals surface area contributed by atoms with Crippen LogP contribution in [0.3, 0.4) is 0 Å². The Morgan fingerprint density at radius 3 is 2.47 bits per heavy atom. The van der Waals surface area contributed by atoms with Crippen molar-refractivity contribution in [2.75, 3.05) is 47.5 Å². The molecule has 1 unspecified atom stereocenters. The van der Waals surface area contributed by atoms with Gasteiger partial charge in [0.25, 0.3) is 5.91 Å². The number of hydrogen-bond donors (Lipinski definition) is 3. The average Bonchev–Trinajstić information content (AvgIpc) is 3.41. The van der Waals surface area contributed by atoms with Crippen molar-refractivity contribution in [1.29, 1.82) is 0 Å². The van der Waals surface area contributed by atoms with Crippen LogP contribution < -0.4 is 15.1 Å². The maximum Gasteiger partial charge on any atom is 0.414 e. The van der Waals surface area contributed by atoms with E-state index in [4.69, 9.17) is 9.15 Å². The van der Waals surface area contributed by atoms with E-state index in [2.05, 4.69) is 5.32 Å². The van der Waals surface area contributed by atoms with Gasteiger partial charge in [-0.1, -0.05) is 0 Å². The van der Waals surface area contributed by atoms with Crippen molar-refractivity contribution in [3.63, 3.8) is 0 Å². The van der Waals surface area contributed by atoms with Crippen LogP contribution >= 0.6 is 10.6 Å². The molecule has 1 aromatic carbocycles. The molecular weight excluding hydrogens is 472 g/mol. The third-order valence-corrected chi connectivity index (χ3v) is 8.79. The van der Waals surface area contributed by atoms with E-state index >= 15 is 0 Å². The number of piperidine rings is 1. The Balaban J connectivity index is 1.22. The number of hydrogen-bond acceptors (Lipinski definition) is 7. The normalized spacial score (nSPS) is 24.0. The number of amides is 2. The Bertz CT molecular complexity index is 1070. The van der Waals surface area contributed by atoms with Crippen molar-refractivity contribution < 1.29 is 36.6 Å². The Kier molecular flexibility index (Phi) is 5.69. The van der Waals surface area contributed by atoms with Crippen molar-refractivity contribution in [1.82, 2.24) is 5.32 Å². The molecule has 184 valence electrons. The lowest BCUT2D eigenvalue weighted by atomic mass is 9.81. The standard InChI is InChI=1S/C22H25F2N3O6S/c23-16-8-14(27-11-15(33-21(27)29)10-25-20(28)18-2-1-7-32-18)9-17(24)19(16)26-5-3-22(4-6-26)12-34(30,31)13-22/h1-2,7-9,15,30-31H,3-6,10-13H2,(H,25,28). The smallest absolute Gasteiger partial charge is 0.414 e. The molecule has 3 saturated heterocycles. The minimum Gasteiger partial charge on any atom is -0.459 e. The van der Waals surface area contributed by atoms with Gasteiger partial charge in [0.05, 0.1) is 25.0 Å². The zero-order valence-corrected chi connectivity index (χ0v) is 19.0. The lowest BCUT2D eigenvalue weighted by Crippen LogP contribution is -2.52. The minimum absolute atomic E-state index is 0.0189. The molecule has 1 atom stereocenters. The van der Waals surface area contributed by atoms with E-state index in [1.165, 1.54) is 12.3 Å². The summed E-state index contributed by atoms with van der Waals surface area (Å²) in [4.78, 5) is 27.0. The summed E-state index contributed by atoms with van der Waals surface area (Å²) in [6.07, 6.45) is 1.18. The topological polar surface area (TPSA) is 115 Å². The monoisotopic (exact) mass is 497 g/mol. The number of furan rings is 1. The number of nitrogens with one attached hydrogen (secondary N) is 1. The third kappa shape index (κ3) is 4.32. The quantitative estimate of drug-likeness (QED) is 0.577. The highest BCUT2D eigenvalue weighted by Gasteiger charge is 2.49. The molecule has 2 aromatic rings. The molecule has 1 spiro atoms. The van der Waals surface area contributed by atoms with E-state index in [1.807, 2.05) is 0 Å². The van der Waals surface area contributed by atoms with Crippen LogP contribution in [0.4, 0.5) is 25.0 Å². The van der Waals surface area contributed by atoms with Crippen LogP contribution in [-0.4, -0.2) is 64.9 Å². The zero-order valence-electron chi connectivity index (χ0n) is 18.2. The summed E-state index contributed by atoms with van der Waals surface area (Å²) >= 11 is 0. The van der Waals surface area contributed by atoms with Gasteiger partial charge in [0.1, 0.15) is 11.8 Å². The van der Waals surface area contributed by atoms with E-state index in [0.717, 1.165) is 17.0 Å². The van der Waals surface area contributed by atoms with Gasteiger partial charge in [0, 0.05) is 42.1 Å². The van der Waals surface area contributed by atoms with Gasteiger partial charge in [-0.2, -0.15) is 10.6 Å². The number of ether oxygens (including phenoxy) is 1. The number of rotatable bonds is 5. The maximum absolute atomic E-state index is 15.0. The number of cyclic esters (lactones) is 1. The molecule has 0 bridgehead atoms. The SMILES string of the molecule is O=C(NCC1CN(c2cc(F)c(N3CCC4(CC3)CS(O)(O)C4)c(F)c2)C(=O)O1)c1ccco1. The van der Waals surface area contributed by atoms with Gasteiger partial charge in [-0.15, -0.1) is 0 Å². The summed E-state index contributed by atoms with van der Waals surface area (Å²) in [5, 5.41) is 2.59. The number of benzene rings is 1. The van der Waals surface area contributed by atoms with Crippen LogP contribution in [-0.2, 0) is 4.74 Å². The lowest BCUT2D eigenvalue weighted by molar-refractivity contribution is 0.0889. The summed E-state index contributed by atoms with van der Waals surface area (Å²) in [6, 6.07) is 5.28. The number of nitrogens with zero attached hydrogens (tertiary/aromatic N) is 2. The van der Waals surface area contributed by atoms with Gasteiger partial charge < -0.3 is 19.4 Å². The Hall–Kier alpha value is -2.83. The Morgan fingerprint density at radius 2 is 1.88 bits per heavy atom. The highest BCUT2D eigenvalue weighted by Crippen LogP contribution is 2.62. The first kappa shape index (κ1) is 22.9. The Morgan fingerprint density at radius 1 is 1.21 bits per heavy atom. The first-order valence-corrected chi connectivity index (χ1v) is 12.8. The molecule has 0 radical (unpaired) electrons. The molecule has 9 nitrogen and oxygen atoms in total. The molecule has 5 rings (SSSR count). The van der Waals surface area contributed by atoms with E-state index in [0.29, 0.717) is 37.4 Å². The van der Waals surface area contributed by atoms with Gasteiger partial charge >= 0.3 is 6.09 Å². The molecule has 1 aromatic heterocycles. The van der Waals surface area contributed by atoms with E-state index in [-0.39, 0.29) is 35.6 Å². The largest absolute Gasteiger partial charge is 0.459 e. The second kappa shape index (κ2) is 8.43. The average molecular weight is 498 g/mol. The lowest BCUT2D eigenvalue weighted by Gasteiger charge is -2.58. The summed E-state index contributed by atoms with van der Waals surface area (Å²) < 4.78 is 59.6. The van der Waals surface area contributed by atoms with E-state index in [9.17, 15) is 27.5 Å². The number of halogens is 2. The Labute approximate surface area is 196 Å². The second-order valence-electron chi connectivity index (χ2n) is 9.14. The minimum atomic E-state index is -2.48. The molecule has 0 saturated carbocycles. The summed E-state index contributed by atoms with van der Waals surface area (Å²) in [6.45, 7) is 0.858. The fourth-order valence-electron chi connectivity index (χ4n) is 4.98. The van der Waals surface area contributed by atoms with Gasteiger partial charge in [-0.3, -0.25) is 18.8 Å². The van der Waals surface area contributed by atoms with Crippen LogP contribution in [0.5, 0.6) is 0 Å². The highest BCUT2D eigenvalue weighted by atomic mass is 32.3. The molecule has 3 aliphatic rings. The molecule has 4 heterocycles. The van der Waals surface area contributed by atoms with Gasteiger partial charge in [0.2, 0.25) is 0 Å². The van der Waals surface area contributed by atoms with Crippen molar-refractivity contribution in [2.45, 2.75) is 18.9 Å². The number of carbonyl (C=O) groups excluding carboxylic acids is 2. The van der Waals surface area contributed by atoms with E-state index in [1.54, 1.807) is 11.0 Å². The van der Waals surface area contributed by atoms with Crippen LogP contribution in [0, 0.1) is 17.0 Å². The molecule has 12 heteroatoms. The number of carbonyl (C=O) groups is 2. The van der Waals surface area contributed by atoms with Crippen LogP contribution in [0.25, 0.3) is 0 Å². The zero-order chi connectivity index (χ0) is 24.1. The molecular formula is C22H25F2N3O6S. The highest BCUT2D eigenvalue weighted by molar-refractivity contribution is 8.25. The van der Waals surface area contributed by atoms with Crippen LogP contribution in [0.15, 0.2) is 34.9 Å². The predicted octanol–water partition coefficient (Wildman–Crippen LogP) is 3.66. The van der Waals surface area contributed by atoms with E-state index < -0.39 is 40.3 Å². The summed E-state index contributed by atoms with van der Waals surface area (Å²) in [7, 11) is -2.48. The molecule has 3 N–H and O–H groups in total. The summed E-state index contributed by atoms with van der Waals surface area (Å²) in [5.74, 6) is -1.19. The fraction of sp³-hybridized carbons (Fsp3) is 0.455. The molecule has 3 fully saturated rings. The predicted molar refractivity (Wildman–Crippen MR) is 121 cm³/mol. The van der Waals surface area contributed by atoms with Crippen molar-refractivity contribution in [3.8, 4) is 0 Å². The second-order valence-corrected chi connectivity index (χ2v) is 11.3. The van der Waals surface area contributed by atoms with Gasteiger partial charge in [-0.05, 0) is 25.0 Å². The van der Waals surface area contributed by atoms with Gasteiger partial charge in [0.15, 0.2) is 17.4 Å². The molecule has 2 amide bonds. The third-order valence-electron chi connectivity index (χ3n) is 6.64. The van der Waals surface area contributed by atoms with Crippen LogP contribution in [0.1, 0.15) is 23.4 Å². The number of anilines is 2. The van der Waals surface area contributed by atoms with Crippen LogP contribution in [0.2, 0.25) is 0 Å². The first-order valence-electron chi connectivity index (χ1n) is 10.9. The molecule has 3 aliphatic heterocycles. The van der Waals surface area contributed by atoms with Crippen molar-refractivity contribution in [3.05, 3.63) is 47.9 Å². The van der Waals surface area contributed by atoms with Crippen molar-refractivity contribution in [2.24, 2.45) is 5.41 Å². The van der Waals surface area contributed by atoms with Gasteiger partial charge in [-0.25, -0.2) is 13.6 Å². The fourth-order valence-corrected chi connectivity index (χ4v) is 7.44. The van der Waals surface area contributed by atoms with Crippen molar-refractivity contribution >= 4 is 34.0 Å². The first-order chi connectivity index (χ1) is 16.1. The molecule has 0 aliphatic carbocycles. The summed E-state index contributed by atoms with van der Waals surface area (Å²) in [5.41, 5.74) is -0.271.